The molecule has 13 heteroatoms. The van der Waals surface area contributed by atoms with Crippen LogP contribution in [0.25, 0.3) is 11.1 Å². The highest BCUT2D eigenvalue weighted by atomic mass is 35.5. The molecule has 2 aromatic rings. The number of nitrogens with two attached hydrogens (primary N) is 2. The maximum absolute atomic E-state index is 14.7. The molecule has 2 aromatic carbocycles. The number of carboxylic acid groups (broad SMARTS) is 1. The zero-order valence-electron chi connectivity index (χ0n) is 20.1. The van der Waals surface area contributed by atoms with Crippen molar-refractivity contribution >= 4 is 42.8 Å². The molecule has 37 heavy (non-hydrogen) atoms. The molecule has 1 aliphatic rings. The van der Waals surface area contributed by atoms with Crippen molar-refractivity contribution in [1.29, 1.82) is 0 Å². The van der Waals surface area contributed by atoms with Crippen LogP contribution in [0.1, 0.15) is 24.0 Å². The fraction of sp³-hybridized carbons (Fsp3) is 0.375. The van der Waals surface area contributed by atoms with Gasteiger partial charge in [0.2, 0.25) is 11.8 Å². The summed E-state index contributed by atoms with van der Waals surface area (Å²) < 4.78 is 19.7. The number of carbonyl (C=O) groups excluding carboxylic acids is 2. The van der Waals surface area contributed by atoms with Crippen molar-refractivity contribution in [2.45, 2.75) is 44.0 Å². The molecule has 0 unspecified atom stereocenters. The smallest absolute Gasteiger partial charge is 0.507 e. The molecule has 0 saturated heterocycles. The van der Waals surface area contributed by atoms with E-state index >= 15 is 0 Å². The molecule has 0 aromatic heterocycles. The Kier molecular flexibility index (Phi) is 12.1. The maximum atomic E-state index is 14.7. The Labute approximate surface area is 226 Å². The van der Waals surface area contributed by atoms with E-state index in [4.69, 9.17) is 16.2 Å². The number of amides is 2. The largest absolute Gasteiger partial charge is 0.508 e. The first-order valence-corrected chi connectivity index (χ1v) is 11.1. The first-order chi connectivity index (χ1) is 16.6. The van der Waals surface area contributed by atoms with Crippen LogP contribution in [-0.4, -0.2) is 65.0 Å². The van der Waals surface area contributed by atoms with Crippen LogP contribution in [-0.2, 0) is 27.2 Å². The number of rotatable bonds is 4. The third-order valence-corrected chi connectivity index (χ3v) is 5.96. The van der Waals surface area contributed by atoms with Crippen molar-refractivity contribution in [2.24, 2.45) is 11.5 Å². The third kappa shape index (κ3) is 7.93. The molecule has 1 aliphatic heterocycles. The van der Waals surface area contributed by atoms with Crippen LogP contribution in [0.3, 0.4) is 0 Å². The second-order valence-electron chi connectivity index (χ2n) is 8.44. The van der Waals surface area contributed by atoms with E-state index in [1.807, 2.05) is 0 Å². The van der Waals surface area contributed by atoms with E-state index in [0.29, 0.717) is 23.1 Å². The Hall–Kier alpha value is -3.12. The van der Waals surface area contributed by atoms with E-state index in [9.17, 15) is 29.0 Å². The topological polar surface area (TPSA) is 168 Å². The monoisotopic (exact) mass is 560 g/mol. The summed E-state index contributed by atoms with van der Waals surface area (Å²) in [6.45, 7) is 0.253. The van der Waals surface area contributed by atoms with Crippen LogP contribution in [0.2, 0.25) is 0 Å². The van der Waals surface area contributed by atoms with Crippen molar-refractivity contribution in [3.63, 3.8) is 0 Å². The Balaban J connectivity index is 0.00000342. The molecular formula is C24H31Cl2FN4O6. The quantitative estimate of drug-likeness (QED) is 0.354. The van der Waals surface area contributed by atoms with Gasteiger partial charge in [-0.1, -0.05) is 12.1 Å². The second-order valence-corrected chi connectivity index (χ2v) is 8.44. The highest BCUT2D eigenvalue weighted by molar-refractivity contribution is 5.90. The maximum Gasteiger partial charge on any atom is 0.507 e. The van der Waals surface area contributed by atoms with Crippen LogP contribution in [0.15, 0.2) is 36.4 Å². The highest BCUT2D eigenvalue weighted by Crippen LogP contribution is 2.29. The number of hydrogen-bond donors (Lipinski definition) is 5. The van der Waals surface area contributed by atoms with Crippen LogP contribution >= 0.6 is 24.8 Å². The van der Waals surface area contributed by atoms with Crippen molar-refractivity contribution in [2.75, 3.05) is 13.6 Å². The number of phenolic OH excluding ortho intramolecular Hbond substituents is 1. The lowest BCUT2D eigenvalue weighted by atomic mass is 9.96. The van der Waals surface area contributed by atoms with Crippen LogP contribution in [0, 0.1) is 5.82 Å². The van der Waals surface area contributed by atoms with Crippen molar-refractivity contribution in [3.05, 3.63) is 53.3 Å². The summed E-state index contributed by atoms with van der Waals surface area (Å²) in [5.41, 5.74) is 13.4. The van der Waals surface area contributed by atoms with Gasteiger partial charge >= 0.3 is 6.16 Å². The van der Waals surface area contributed by atoms with Gasteiger partial charge in [0.1, 0.15) is 17.6 Å². The number of aromatic hydroxyl groups is 1. The average molecular weight is 561 g/mol. The third-order valence-electron chi connectivity index (χ3n) is 5.96. The number of fused-ring (bicyclic) bond motifs is 5. The highest BCUT2D eigenvalue weighted by Gasteiger charge is 2.32. The van der Waals surface area contributed by atoms with Gasteiger partial charge in [0.05, 0.1) is 6.04 Å². The number of nitrogens with zero attached hydrogens (tertiary/aromatic N) is 1. The molecule has 0 saturated carbocycles. The minimum atomic E-state index is -1.64. The number of halogens is 3. The predicted molar refractivity (Wildman–Crippen MR) is 139 cm³/mol. The number of likely N-dealkylation sites (N-methyl/N-ethyl adjacent to an activating group) is 1. The normalized spacial score (nSPS) is 19.9. The van der Waals surface area contributed by atoms with E-state index < -0.39 is 42.1 Å². The van der Waals surface area contributed by atoms with E-state index in [1.54, 1.807) is 12.1 Å². The minimum Gasteiger partial charge on any atom is -0.508 e. The lowest BCUT2D eigenvalue weighted by Gasteiger charge is -2.31. The number of benzene rings is 2. The lowest BCUT2D eigenvalue weighted by Crippen LogP contribution is -2.55. The van der Waals surface area contributed by atoms with Crippen LogP contribution < -0.4 is 16.8 Å². The summed E-state index contributed by atoms with van der Waals surface area (Å²) >= 11 is 0. The molecule has 0 spiro atoms. The first-order valence-electron chi connectivity index (χ1n) is 11.1. The molecule has 3 atom stereocenters. The zero-order chi connectivity index (χ0) is 25.7. The number of ether oxygens (including phenoxy) is 1. The summed E-state index contributed by atoms with van der Waals surface area (Å²) in [4.78, 5) is 38.5. The summed E-state index contributed by atoms with van der Waals surface area (Å²) in [5.74, 6) is -1.93. The number of phenols is 1. The van der Waals surface area contributed by atoms with Gasteiger partial charge < -0.3 is 36.6 Å². The van der Waals surface area contributed by atoms with Gasteiger partial charge in [-0.25, -0.2) is 9.18 Å². The number of carbonyl (C=O) groups is 3. The van der Waals surface area contributed by atoms with Gasteiger partial charge in [-0.15, -0.1) is 24.8 Å². The Morgan fingerprint density at radius 2 is 1.76 bits per heavy atom. The molecule has 1 heterocycles. The molecule has 3 rings (SSSR count). The lowest BCUT2D eigenvalue weighted by molar-refractivity contribution is -0.144. The Bertz CT molecular complexity index is 1120. The molecule has 0 aliphatic carbocycles. The summed E-state index contributed by atoms with van der Waals surface area (Å²) in [6, 6.07) is 6.86. The molecule has 0 radical (unpaired) electrons. The Morgan fingerprint density at radius 3 is 2.38 bits per heavy atom. The van der Waals surface area contributed by atoms with Gasteiger partial charge in [0.15, 0.2) is 6.23 Å². The number of nitrogens with one attached hydrogen (secondary N) is 1. The van der Waals surface area contributed by atoms with Crippen molar-refractivity contribution in [1.82, 2.24) is 10.2 Å². The number of hydrogen-bond acceptors (Lipinski definition) is 7. The van der Waals surface area contributed by atoms with Crippen LogP contribution in [0.5, 0.6) is 5.75 Å². The summed E-state index contributed by atoms with van der Waals surface area (Å²) in [5, 5.41) is 22.2. The van der Waals surface area contributed by atoms with Crippen molar-refractivity contribution < 1.29 is 33.7 Å². The molecule has 4 bridgehead atoms. The predicted octanol–water partition coefficient (Wildman–Crippen LogP) is 2.17. The molecule has 7 N–H and O–H groups in total. The molecular weight excluding hydrogens is 530 g/mol. The first kappa shape index (κ1) is 31.9. The zero-order valence-corrected chi connectivity index (χ0v) is 21.7. The van der Waals surface area contributed by atoms with Gasteiger partial charge in [-0.2, -0.15) is 0 Å². The molecule has 10 nitrogen and oxygen atoms in total. The standard InChI is InChI=1S/C24H29FN4O6.2ClH/c1-29-21(35-24(33)34)12-15-9-13(4-6-17(15)25)14-5-7-20(30)16(10-14)11-18(27)22(31)28-19(23(29)32)3-2-8-26;;/h4-7,9-10,18-19,21,30H,2-3,8,11-12,26-27H2,1H3,(H,28,31)(H,33,34);2*1H/t18-,19-,21-;;/m0../s1. The van der Waals surface area contributed by atoms with Crippen molar-refractivity contribution in [3.8, 4) is 16.9 Å². The fourth-order valence-electron chi connectivity index (χ4n) is 3.98. The van der Waals surface area contributed by atoms with Gasteiger partial charge in [-0.3, -0.25) is 9.59 Å². The summed E-state index contributed by atoms with van der Waals surface area (Å²) in [7, 11) is 1.32. The SMILES string of the molecule is CN1C(=O)[C@H](CCCN)NC(=O)[C@@H](N)Cc2cc(ccc2O)-c2ccc(F)c(c2)C[C@@H]1OC(=O)O.Cl.Cl. The van der Waals surface area contributed by atoms with Crippen LogP contribution in [0.4, 0.5) is 9.18 Å². The minimum absolute atomic E-state index is 0. The Morgan fingerprint density at radius 1 is 1.14 bits per heavy atom. The molecule has 2 amide bonds. The molecule has 0 fully saturated rings. The second kappa shape index (κ2) is 14.0. The van der Waals surface area contributed by atoms with E-state index in [0.717, 1.165) is 4.90 Å². The van der Waals surface area contributed by atoms with Gasteiger partial charge in [-0.05, 0) is 65.9 Å². The summed E-state index contributed by atoms with van der Waals surface area (Å²) in [6.07, 6.45) is -2.73. The van der Waals surface area contributed by atoms with E-state index in [2.05, 4.69) is 5.32 Å². The van der Waals surface area contributed by atoms with Gasteiger partial charge in [0.25, 0.3) is 0 Å². The average Bonchev–Trinajstić information content (AvgIpc) is 2.82. The fourth-order valence-corrected chi connectivity index (χ4v) is 3.98. The molecule has 204 valence electrons. The van der Waals surface area contributed by atoms with Gasteiger partial charge in [0, 0.05) is 19.9 Å². The van der Waals surface area contributed by atoms with E-state index in [1.165, 1.54) is 31.3 Å². The van der Waals surface area contributed by atoms with E-state index in [-0.39, 0.29) is 61.9 Å².